The molecule has 1 saturated heterocycles. The lowest BCUT2D eigenvalue weighted by molar-refractivity contribution is -0.129. The minimum atomic E-state index is -1.30. The number of furan rings is 1. The number of carbonyl (C=O) groups is 2. The van der Waals surface area contributed by atoms with E-state index in [2.05, 4.69) is 0 Å². The van der Waals surface area contributed by atoms with Gasteiger partial charge in [-0.2, -0.15) is 0 Å². The van der Waals surface area contributed by atoms with Crippen molar-refractivity contribution in [2.75, 3.05) is 31.9 Å². The third kappa shape index (κ3) is 4.74. The van der Waals surface area contributed by atoms with Crippen LogP contribution in [0.5, 0.6) is 0 Å². The summed E-state index contributed by atoms with van der Waals surface area (Å²) in [5.74, 6) is 0.233. The Morgan fingerprint density at radius 1 is 1.08 bits per heavy atom. The molecule has 0 spiro atoms. The number of nitrogens with zero attached hydrogens (tertiary/aromatic N) is 2. The molecule has 0 aliphatic carbocycles. The van der Waals surface area contributed by atoms with Gasteiger partial charge in [0.2, 0.25) is 5.91 Å². The highest BCUT2D eigenvalue weighted by atomic mass is 35.5. The van der Waals surface area contributed by atoms with Crippen LogP contribution in [0, 0.1) is 0 Å². The number of benzene rings is 1. The lowest BCUT2D eigenvalue weighted by Gasteiger charge is -2.34. The summed E-state index contributed by atoms with van der Waals surface area (Å²) < 4.78 is 17.4. The SMILES string of the molecule is O=C(C[S@](=O)Cc1cccc(Cl)c1)N1CCN(C(=O)c2ccco2)CC1. The maximum atomic E-state index is 12.4. The Morgan fingerprint density at radius 3 is 2.46 bits per heavy atom. The molecule has 26 heavy (non-hydrogen) atoms. The van der Waals surface area contributed by atoms with Gasteiger partial charge in [-0.1, -0.05) is 23.7 Å². The summed E-state index contributed by atoms with van der Waals surface area (Å²) in [6.07, 6.45) is 1.46. The molecule has 2 aromatic rings. The molecule has 1 fully saturated rings. The molecule has 6 nitrogen and oxygen atoms in total. The van der Waals surface area contributed by atoms with Crippen LogP contribution < -0.4 is 0 Å². The third-order valence-corrected chi connectivity index (χ3v) is 5.61. The summed E-state index contributed by atoms with van der Waals surface area (Å²) in [4.78, 5) is 27.9. The maximum absolute atomic E-state index is 12.4. The average molecular weight is 395 g/mol. The zero-order valence-corrected chi connectivity index (χ0v) is 15.7. The van der Waals surface area contributed by atoms with E-state index in [0.29, 0.717) is 42.7 Å². The van der Waals surface area contributed by atoms with E-state index in [9.17, 15) is 13.8 Å². The molecular formula is C18H19ClN2O4S. The quantitative estimate of drug-likeness (QED) is 0.779. The van der Waals surface area contributed by atoms with Crippen molar-refractivity contribution in [3.8, 4) is 0 Å². The molecule has 138 valence electrons. The van der Waals surface area contributed by atoms with E-state index >= 15 is 0 Å². The zero-order valence-electron chi connectivity index (χ0n) is 14.1. The second kappa shape index (κ2) is 8.51. The molecule has 8 heteroatoms. The number of rotatable bonds is 5. The van der Waals surface area contributed by atoms with Crippen molar-refractivity contribution in [2.24, 2.45) is 0 Å². The number of hydrogen-bond donors (Lipinski definition) is 0. The fraction of sp³-hybridized carbons (Fsp3) is 0.333. The van der Waals surface area contributed by atoms with Crippen LogP contribution in [0.15, 0.2) is 47.1 Å². The number of hydrogen-bond acceptors (Lipinski definition) is 4. The first-order valence-electron chi connectivity index (χ1n) is 8.23. The molecule has 0 radical (unpaired) electrons. The Bertz CT molecular complexity index is 801. The van der Waals surface area contributed by atoms with E-state index in [4.69, 9.17) is 16.0 Å². The summed E-state index contributed by atoms with van der Waals surface area (Å²) in [7, 11) is -1.30. The summed E-state index contributed by atoms with van der Waals surface area (Å²) in [6.45, 7) is 1.73. The molecule has 1 atom stereocenters. The van der Waals surface area contributed by atoms with Gasteiger partial charge in [-0.3, -0.25) is 13.8 Å². The second-order valence-corrected chi connectivity index (χ2v) is 7.90. The topological polar surface area (TPSA) is 70.8 Å². The van der Waals surface area contributed by atoms with E-state index in [1.165, 1.54) is 6.26 Å². The number of piperazine rings is 1. The summed E-state index contributed by atoms with van der Waals surface area (Å²) in [5, 5.41) is 0.586. The largest absolute Gasteiger partial charge is 0.459 e. The van der Waals surface area contributed by atoms with Crippen LogP contribution in [0.25, 0.3) is 0 Å². The molecule has 1 aromatic heterocycles. The molecule has 2 amide bonds. The number of halogens is 1. The van der Waals surface area contributed by atoms with Gasteiger partial charge in [-0.05, 0) is 29.8 Å². The molecule has 0 saturated carbocycles. The Kier molecular flexibility index (Phi) is 6.11. The standard InChI is InChI=1S/C18H19ClN2O4S/c19-15-4-1-3-14(11-15)12-26(24)13-17(22)20-6-8-21(9-7-20)18(23)16-5-2-10-25-16/h1-5,10-11H,6-9,12-13H2/t26-/m1/s1. The van der Waals surface area contributed by atoms with Crippen LogP contribution in [0.4, 0.5) is 0 Å². The van der Waals surface area contributed by atoms with Gasteiger partial charge in [-0.25, -0.2) is 0 Å². The van der Waals surface area contributed by atoms with Crippen LogP contribution in [0.1, 0.15) is 16.1 Å². The first kappa shape index (κ1) is 18.7. The van der Waals surface area contributed by atoms with E-state index in [-0.39, 0.29) is 17.6 Å². The summed E-state index contributed by atoms with van der Waals surface area (Å²) >= 11 is 5.92. The fourth-order valence-electron chi connectivity index (χ4n) is 2.81. The predicted octanol–water partition coefficient (Wildman–Crippen LogP) is 2.17. The van der Waals surface area contributed by atoms with E-state index in [1.807, 2.05) is 6.07 Å². The monoisotopic (exact) mass is 394 g/mol. The molecule has 0 bridgehead atoms. The van der Waals surface area contributed by atoms with Gasteiger partial charge in [0.1, 0.15) is 5.75 Å². The normalized spacial score (nSPS) is 15.7. The predicted molar refractivity (Wildman–Crippen MR) is 99.4 cm³/mol. The highest BCUT2D eigenvalue weighted by Crippen LogP contribution is 2.13. The maximum Gasteiger partial charge on any atom is 0.289 e. The highest BCUT2D eigenvalue weighted by molar-refractivity contribution is 7.84. The molecule has 1 aliphatic rings. The van der Waals surface area contributed by atoms with E-state index in [0.717, 1.165) is 5.56 Å². The Hall–Kier alpha value is -2.12. The van der Waals surface area contributed by atoms with Crippen molar-refractivity contribution < 1.29 is 18.2 Å². The summed E-state index contributed by atoms with van der Waals surface area (Å²) in [6, 6.07) is 10.4. The van der Waals surface area contributed by atoms with Gasteiger partial charge in [0.25, 0.3) is 5.91 Å². The first-order valence-corrected chi connectivity index (χ1v) is 10.1. The number of carbonyl (C=O) groups excluding carboxylic acids is 2. The van der Waals surface area contributed by atoms with Crippen molar-refractivity contribution in [3.05, 3.63) is 59.0 Å². The second-order valence-electron chi connectivity index (χ2n) is 6.01. The van der Waals surface area contributed by atoms with Crippen molar-refractivity contribution in [2.45, 2.75) is 5.75 Å². The van der Waals surface area contributed by atoms with Crippen molar-refractivity contribution >= 4 is 34.2 Å². The molecule has 0 unspecified atom stereocenters. The van der Waals surface area contributed by atoms with Crippen LogP contribution in [-0.2, 0) is 21.3 Å². The third-order valence-electron chi connectivity index (χ3n) is 4.15. The average Bonchev–Trinajstić information content (AvgIpc) is 3.15. The lowest BCUT2D eigenvalue weighted by atomic mass is 10.2. The van der Waals surface area contributed by atoms with Crippen LogP contribution >= 0.6 is 11.6 Å². The Labute approximate surface area is 159 Å². The molecule has 1 aromatic carbocycles. The van der Waals surface area contributed by atoms with Crippen LogP contribution in [0.3, 0.4) is 0 Å². The molecule has 0 N–H and O–H groups in total. The molecular weight excluding hydrogens is 376 g/mol. The van der Waals surface area contributed by atoms with Gasteiger partial charge in [0, 0.05) is 47.8 Å². The molecule has 1 aliphatic heterocycles. The lowest BCUT2D eigenvalue weighted by Crippen LogP contribution is -2.51. The van der Waals surface area contributed by atoms with E-state index in [1.54, 1.807) is 40.1 Å². The zero-order chi connectivity index (χ0) is 18.5. The van der Waals surface area contributed by atoms with Crippen molar-refractivity contribution in [1.29, 1.82) is 0 Å². The minimum Gasteiger partial charge on any atom is -0.459 e. The smallest absolute Gasteiger partial charge is 0.289 e. The molecule has 2 heterocycles. The first-order chi connectivity index (χ1) is 12.5. The Morgan fingerprint density at radius 2 is 1.81 bits per heavy atom. The number of amides is 2. The molecule has 3 rings (SSSR count). The van der Waals surface area contributed by atoms with E-state index < -0.39 is 10.8 Å². The van der Waals surface area contributed by atoms with Crippen LogP contribution in [-0.4, -0.2) is 57.8 Å². The van der Waals surface area contributed by atoms with Gasteiger partial charge < -0.3 is 14.2 Å². The van der Waals surface area contributed by atoms with Crippen molar-refractivity contribution in [1.82, 2.24) is 9.80 Å². The Balaban J connectivity index is 1.47. The fourth-order valence-corrected chi connectivity index (χ4v) is 4.13. The van der Waals surface area contributed by atoms with Gasteiger partial charge in [0.15, 0.2) is 5.76 Å². The van der Waals surface area contributed by atoms with Crippen molar-refractivity contribution in [3.63, 3.8) is 0 Å². The van der Waals surface area contributed by atoms with Gasteiger partial charge in [-0.15, -0.1) is 0 Å². The minimum absolute atomic E-state index is 0.0291. The van der Waals surface area contributed by atoms with Gasteiger partial charge >= 0.3 is 0 Å². The van der Waals surface area contributed by atoms with Crippen LogP contribution in [0.2, 0.25) is 5.02 Å². The summed E-state index contributed by atoms with van der Waals surface area (Å²) in [5.41, 5.74) is 0.845. The highest BCUT2D eigenvalue weighted by Gasteiger charge is 2.26. The van der Waals surface area contributed by atoms with Gasteiger partial charge in [0.05, 0.1) is 6.26 Å².